The average Bonchev–Trinajstić information content (AvgIpc) is 2.48. The summed E-state index contributed by atoms with van der Waals surface area (Å²) in [6, 6.07) is 9.01. The Morgan fingerprint density at radius 1 is 1.30 bits per heavy atom. The van der Waals surface area contributed by atoms with Gasteiger partial charge in [0.2, 0.25) is 0 Å². The van der Waals surface area contributed by atoms with Gasteiger partial charge in [0.1, 0.15) is 0 Å². The Labute approximate surface area is 140 Å². The molecule has 0 unspecified atom stereocenters. The molecule has 23 heavy (non-hydrogen) atoms. The summed E-state index contributed by atoms with van der Waals surface area (Å²) in [6.45, 7) is 4.27. The Morgan fingerprint density at radius 2 is 2.00 bits per heavy atom. The van der Waals surface area contributed by atoms with Crippen LogP contribution in [0.1, 0.15) is 22.4 Å². The number of aromatic nitrogens is 1. The second-order valence-electron chi connectivity index (χ2n) is 5.55. The van der Waals surface area contributed by atoms with E-state index in [1.54, 1.807) is 13.1 Å². The zero-order valence-corrected chi connectivity index (χ0v) is 14.2. The number of H-pyrrole nitrogens is 1. The number of rotatable bonds is 4. The van der Waals surface area contributed by atoms with Gasteiger partial charge in [-0.1, -0.05) is 29.8 Å². The fourth-order valence-electron chi connectivity index (χ4n) is 2.35. The summed E-state index contributed by atoms with van der Waals surface area (Å²) in [5.41, 5.74) is 2.93. The number of aryl methyl sites for hydroxylation is 2. The number of hydrogen-bond acceptors (Lipinski definition) is 2. The summed E-state index contributed by atoms with van der Waals surface area (Å²) < 4.78 is 0. The van der Waals surface area contributed by atoms with Gasteiger partial charge in [0.05, 0.1) is 6.54 Å². The van der Waals surface area contributed by atoms with Crippen LogP contribution in [0.25, 0.3) is 0 Å². The van der Waals surface area contributed by atoms with Crippen molar-refractivity contribution < 1.29 is 4.79 Å². The van der Waals surface area contributed by atoms with E-state index in [0.29, 0.717) is 17.1 Å². The van der Waals surface area contributed by atoms with E-state index in [0.717, 1.165) is 16.8 Å². The number of nitrogens with one attached hydrogen (secondary N) is 2. The third-order valence-electron chi connectivity index (χ3n) is 3.62. The summed E-state index contributed by atoms with van der Waals surface area (Å²) in [7, 11) is 1.69. The average molecular weight is 334 g/mol. The van der Waals surface area contributed by atoms with Gasteiger partial charge in [0.25, 0.3) is 5.56 Å². The lowest BCUT2D eigenvalue weighted by molar-refractivity contribution is 0.206. The largest absolute Gasteiger partial charge is 0.334 e. The van der Waals surface area contributed by atoms with Crippen LogP contribution in [0.2, 0.25) is 5.02 Å². The molecule has 0 spiro atoms. The van der Waals surface area contributed by atoms with Gasteiger partial charge in [-0.15, -0.1) is 0 Å². The zero-order valence-electron chi connectivity index (χ0n) is 13.4. The van der Waals surface area contributed by atoms with Gasteiger partial charge in [-0.25, -0.2) is 4.79 Å². The van der Waals surface area contributed by atoms with E-state index in [2.05, 4.69) is 10.3 Å². The summed E-state index contributed by atoms with van der Waals surface area (Å²) in [5, 5.41) is 3.39. The van der Waals surface area contributed by atoms with E-state index in [-0.39, 0.29) is 18.1 Å². The first kappa shape index (κ1) is 17.1. The van der Waals surface area contributed by atoms with E-state index >= 15 is 0 Å². The summed E-state index contributed by atoms with van der Waals surface area (Å²) in [6.07, 6.45) is 0. The molecular formula is C17H20ClN3O2. The highest BCUT2D eigenvalue weighted by Gasteiger charge is 2.12. The first-order valence-electron chi connectivity index (χ1n) is 7.30. The standard InChI is InChI=1S/C17H20ClN3O2/c1-11-8-12(2)20-16(22)14(11)9-19-17(23)21(3)10-13-6-4-5-7-15(13)18/h4-8H,9-10H2,1-3H3,(H,19,23)(H,20,22). The number of urea groups is 1. The lowest BCUT2D eigenvalue weighted by atomic mass is 10.1. The van der Waals surface area contributed by atoms with Crippen LogP contribution in [0.15, 0.2) is 35.1 Å². The van der Waals surface area contributed by atoms with Crippen LogP contribution in [0.5, 0.6) is 0 Å². The molecule has 0 atom stereocenters. The molecule has 122 valence electrons. The zero-order chi connectivity index (χ0) is 17.0. The highest BCUT2D eigenvalue weighted by Crippen LogP contribution is 2.16. The monoisotopic (exact) mass is 333 g/mol. The molecule has 1 aromatic heterocycles. The van der Waals surface area contributed by atoms with E-state index in [4.69, 9.17) is 11.6 Å². The number of hydrogen-bond donors (Lipinski definition) is 2. The Kier molecular flexibility index (Phi) is 5.45. The maximum atomic E-state index is 12.2. The fraction of sp³-hybridized carbons (Fsp3) is 0.294. The van der Waals surface area contributed by atoms with Gasteiger partial charge in [0.15, 0.2) is 0 Å². The summed E-state index contributed by atoms with van der Waals surface area (Å²) in [4.78, 5) is 28.4. The van der Waals surface area contributed by atoms with Crippen molar-refractivity contribution >= 4 is 17.6 Å². The molecule has 2 aromatic rings. The lowest BCUT2D eigenvalue weighted by Crippen LogP contribution is -2.37. The molecule has 1 heterocycles. The molecule has 0 saturated carbocycles. The van der Waals surface area contributed by atoms with E-state index in [1.165, 1.54) is 4.90 Å². The molecule has 6 heteroatoms. The molecule has 1 aromatic carbocycles. The van der Waals surface area contributed by atoms with Crippen molar-refractivity contribution in [2.24, 2.45) is 0 Å². The molecule has 0 aliphatic carbocycles. The highest BCUT2D eigenvalue weighted by molar-refractivity contribution is 6.31. The van der Waals surface area contributed by atoms with Crippen molar-refractivity contribution in [3.63, 3.8) is 0 Å². The van der Waals surface area contributed by atoms with Gasteiger partial charge in [-0.2, -0.15) is 0 Å². The molecule has 0 fully saturated rings. The Hall–Kier alpha value is -2.27. The van der Waals surface area contributed by atoms with Crippen LogP contribution >= 0.6 is 11.6 Å². The van der Waals surface area contributed by atoms with Crippen LogP contribution in [-0.2, 0) is 13.1 Å². The van der Waals surface area contributed by atoms with E-state index in [1.807, 2.05) is 38.1 Å². The first-order valence-corrected chi connectivity index (χ1v) is 7.68. The Morgan fingerprint density at radius 3 is 2.65 bits per heavy atom. The molecule has 2 rings (SSSR count). The summed E-state index contributed by atoms with van der Waals surface area (Å²) in [5.74, 6) is 0. The first-order chi connectivity index (χ1) is 10.9. The van der Waals surface area contributed by atoms with Crippen molar-refractivity contribution in [2.75, 3.05) is 7.05 Å². The van der Waals surface area contributed by atoms with Crippen LogP contribution in [0, 0.1) is 13.8 Å². The van der Waals surface area contributed by atoms with Crippen LogP contribution in [0.4, 0.5) is 4.79 Å². The third-order valence-corrected chi connectivity index (χ3v) is 3.99. The molecule has 0 saturated heterocycles. The van der Waals surface area contributed by atoms with Gasteiger partial charge < -0.3 is 15.2 Å². The van der Waals surface area contributed by atoms with Gasteiger partial charge in [-0.05, 0) is 37.1 Å². The fourth-order valence-corrected chi connectivity index (χ4v) is 2.55. The summed E-state index contributed by atoms with van der Waals surface area (Å²) >= 11 is 6.10. The molecule has 0 radical (unpaired) electrons. The Bertz CT molecular complexity index is 771. The predicted molar refractivity (Wildman–Crippen MR) is 91.7 cm³/mol. The van der Waals surface area contributed by atoms with E-state index in [9.17, 15) is 9.59 Å². The number of benzene rings is 1. The van der Waals surface area contributed by atoms with Gasteiger partial charge in [0, 0.05) is 29.9 Å². The van der Waals surface area contributed by atoms with Gasteiger partial charge in [-0.3, -0.25) is 4.79 Å². The van der Waals surface area contributed by atoms with Gasteiger partial charge >= 0.3 is 6.03 Å². The van der Waals surface area contributed by atoms with Crippen LogP contribution in [-0.4, -0.2) is 23.0 Å². The van der Waals surface area contributed by atoms with Crippen molar-refractivity contribution in [3.05, 3.63) is 68.1 Å². The lowest BCUT2D eigenvalue weighted by Gasteiger charge is -2.19. The Balaban J connectivity index is 2.00. The number of amides is 2. The minimum atomic E-state index is -0.260. The minimum Gasteiger partial charge on any atom is -0.334 e. The predicted octanol–water partition coefficient (Wildman–Crippen LogP) is 2.99. The maximum absolute atomic E-state index is 12.2. The molecule has 0 aliphatic rings. The maximum Gasteiger partial charge on any atom is 0.317 e. The van der Waals surface area contributed by atoms with Crippen LogP contribution in [0.3, 0.4) is 0 Å². The molecule has 2 N–H and O–H groups in total. The number of pyridine rings is 1. The molecule has 5 nitrogen and oxygen atoms in total. The molecule has 0 aliphatic heterocycles. The van der Waals surface area contributed by atoms with Crippen molar-refractivity contribution in [1.29, 1.82) is 0 Å². The number of halogens is 1. The number of nitrogens with zero attached hydrogens (tertiary/aromatic N) is 1. The second kappa shape index (κ2) is 7.33. The highest BCUT2D eigenvalue weighted by atomic mass is 35.5. The molecule has 2 amide bonds. The van der Waals surface area contributed by atoms with Crippen molar-refractivity contribution in [2.45, 2.75) is 26.9 Å². The molecule has 0 bridgehead atoms. The molecular weight excluding hydrogens is 314 g/mol. The normalized spacial score (nSPS) is 10.4. The third kappa shape index (κ3) is 4.36. The number of carbonyl (C=O) groups excluding carboxylic acids is 1. The SMILES string of the molecule is Cc1cc(C)c(CNC(=O)N(C)Cc2ccccc2Cl)c(=O)[nH]1. The van der Waals surface area contributed by atoms with Crippen molar-refractivity contribution in [1.82, 2.24) is 15.2 Å². The quantitative estimate of drug-likeness (QED) is 0.903. The van der Waals surface area contributed by atoms with Crippen molar-refractivity contribution in [3.8, 4) is 0 Å². The van der Waals surface area contributed by atoms with E-state index < -0.39 is 0 Å². The minimum absolute atomic E-state index is 0.170. The second-order valence-corrected chi connectivity index (χ2v) is 5.96. The topological polar surface area (TPSA) is 65.2 Å². The number of carbonyl (C=O) groups is 1. The number of aromatic amines is 1. The smallest absolute Gasteiger partial charge is 0.317 e. The van der Waals surface area contributed by atoms with Crippen LogP contribution < -0.4 is 10.9 Å².